The Hall–Kier alpha value is -1.26. The molecule has 0 bridgehead atoms. The molecule has 2 N–H and O–H groups in total. The zero-order chi connectivity index (χ0) is 13.2. The Bertz CT molecular complexity index is 549. The molecular weight excluding hydrogens is 304 g/mol. The number of benzene rings is 1. The van der Waals surface area contributed by atoms with Gasteiger partial charge in [-0.25, -0.2) is 0 Å². The molecule has 3 rings (SSSR count). The Morgan fingerprint density at radius 3 is 2.74 bits per heavy atom. The molecule has 0 saturated heterocycles. The highest BCUT2D eigenvalue weighted by Crippen LogP contribution is 2.31. The minimum atomic E-state index is 0.674. The van der Waals surface area contributed by atoms with Crippen molar-refractivity contribution in [1.29, 1.82) is 0 Å². The van der Waals surface area contributed by atoms with E-state index in [-0.39, 0.29) is 0 Å². The number of halogens is 1. The van der Waals surface area contributed by atoms with E-state index >= 15 is 0 Å². The zero-order valence-corrected chi connectivity index (χ0v) is 12.3. The van der Waals surface area contributed by atoms with Gasteiger partial charge in [0.15, 0.2) is 0 Å². The molecule has 0 amide bonds. The van der Waals surface area contributed by atoms with Crippen molar-refractivity contribution in [3.05, 3.63) is 52.4 Å². The van der Waals surface area contributed by atoms with Crippen LogP contribution in [0.15, 0.2) is 45.5 Å². The predicted molar refractivity (Wildman–Crippen MR) is 79.5 cm³/mol. The van der Waals surface area contributed by atoms with Gasteiger partial charge in [-0.05, 0) is 42.7 Å². The molecule has 3 nitrogen and oxygen atoms in total. The number of hydrogen-bond donors (Lipinski definition) is 1. The van der Waals surface area contributed by atoms with E-state index in [1.807, 2.05) is 24.3 Å². The number of nitrogens with two attached hydrogens (primary N) is 1. The Balaban J connectivity index is 1.74. The average molecular weight is 321 g/mol. The molecule has 0 radical (unpaired) electrons. The molecule has 1 aromatic heterocycles. The van der Waals surface area contributed by atoms with Crippen LogP contribution in [0.1, 0.15) is 24.2 Å². The molecule has 1 aromatic carbocycles. The van der Waals surface area contributed by atoms with Crippen molar-refractivity contribution in [3.8, 4) is 0 Å². The summed E-state index contributed by atoms with van der Waals surface area (Å²) in [5.41, 5.74) is 8.11. The van der Waals surface area contributed by atoms with Crippen molar-refractivity contribution < 1.29 is 4.42 Å². The van der Waals surface area contributed by atoms with Crippen LogP contribution in [-0.4, -0.2) is 10.9 Å². The average Bonchev–Trinajstić information content (AvgIpc) is 3.10. The number of hydrogen-bond acceptors (Lipinski definition) is 3. The highest BCUT2D eigenvalue weighted by molar-refractivity contribution is 9.10. The number of nitrogen functional groups attached to an aromatic ring is 1. The Labute approximate surface area is 121 Å². The lowest BCUT2D eigenvalue weighted by atomic mass is 10.1. The molecule has 19 heavy (non-hydrogen) atoms. The van der Waals surface area contributed by atoms with Crippen LogP contribution in [0, 0.1) is 0 Å². The largest absolute Gasteiger partial charge is 0.468 e. The number of anilines is 1. The molecule has 1 fully saturated rings. The molecule has 4 heteroatoms. The molecule has 2 aromatic rings. The Kier molecular flexibility index (Phi) is 3.62. The van der Waals surface area contributed by atoms with Crippen molar-refractivity contribution >= 4 is 21.6 Å². The maximum Gasteiger partial charge on any atom is 0.117 e. The molecule has 1 heterocycles. The normalized spacial score (nSPS) is 15.1. The second-order valence-electron chi connectivity index (χ2n) is 5.06. The van der Waals surface area contributed by atoms with E-state index in [0.29, 0.717) is 6.04 Å². The Morgan fingerprint density at radius 2 is 2.11 bits per heavy atom. The molecule has 1 saturated carbocycles. The van der Waals surface area contributed by atoms with E-state index in [2.05, 4.69) is 26.9 Å². The first kappa shape index (κ1) is 12.8. The van der Waals surface area contributed by atoms with Crippen molar-refractivity contribution in [3.63, 3.8) is 0 Å². The maximum absolute atomic E-state index is 6.08. The lowest BCUT2D eigenvalue weighted by molar-refractivity contribution is 0.225. The third-order valence-corrected chi connectivity index (χ3v) is 3.98. The van der Waals surface area contributed by atoms with E-state index in [4.69, 9.17) is 10.2 Å². The van der Waals surface area contributed by atoms with Gasteiger partial charge in [-0.15, -0.1) is 0 Å². The smallest absolute Gasteiger partial charge is 0.117 e. The van der Waals surface area contributed by atoms with Crippen LogP contribution in [0.5, 0.6) is 0 Å². The van der Waals surface area contributed by atoms with Gasteiger partial charge < -0.3 is 10.2 Å². The molecule has 1 aliphatic carbocycles. The fraction of sp³-hybridized carbons (Fsp3) is 0.333. The van der Waals surface area contributed by atoms with Crippen molar-refractivity contribution in [2.24, 2.45) is 0 Å². The van der Waals surface area contributed by atoms with E-state index < -0.39 is 0 Å². The maximum atomic E-state index is 6.08. The van der Waals surface area contributed by atoms with Gasteiger partial charge in [0, 0.05) is 22.7 Å². The monoisotopic (exact) mass is 320 g/mol. The predicted octanol–water partition coefficient (Wildman–Crippen LogP) is 3.79. The van der Waals surface area contributed by atoms with Gasteiger partial charge in [0.1, 0.15) is 5.76 Å². The van der Waals surface area contributed by atoms with Gasteiger partial charge in [-0.1, -0.05) is 22.0 Å². The van der Waals surface area contributed by atoms with E-state index in [1.54, 1.807) is 6.26 Å². The summed E-state index contributed by atoms with van der Waals surface area (Å²) in [6, 6.07) is 10.7. The van der Waals surface area contributed by atoms with Crippen LogP contribution in [0.25, 0.3) is 0 Å². The summed E-state index contributed by atoms with van der Waals surface area (Å²) in [4.78, 5) is 2.44. The molecule has 0 spiro atoms. The molecule has 0 atom stereocenters. The first-order valence-electron chi connectivity index (χ1n) is 6.53. The summed E-state index contributed by atoms with van der Waals surface area (Å²) in [7, 11) is 0. The van der Waals surface area contributed by atoms with Gasteiger partial charge >= 0.3 is 0 Å². The van der Waals surface area contributed by atoms with Crippen LogP contribution in [0.2, 0.25) is 0 Å². The fourth-order valence-electron chi connectivity index (χ4n) is 2.29. The van der Waals surface area contributed by atoms with Gasteiger partial charge in [0.2, 0.25) is 0 Å². The van der Waals surface area contributed by atoms with Crippen LogP contribution < -0.4 is 5.73 Å². The van der Waals surface area contributed by atoms with Crippen molar-refractivity contribution in [2.45, 2.75) is 32.0 Å². The second-order valence-corrected chi connectivity index (χ2v) is 5.97. The van der Waals surface area contributed by atoms with Crippen molar-refractivity contribution in [1.82, 2.24) is 4.90 Å². The highest BCUT2D eigenvalue weighted by atomic mass is 79.9. The third kappa shape index (κ3) is 3.19. The SMILES string of the molecule is Nc1cc(Br)ccc1CN(Cc1ccco1)C1CC1. The molecule has 0 unspecified atom stereocenters. The number of rotatable bonds is 5. The van der Waals surface area contributed by atoms with Gasteiger partial charge in [-0.3, -0.25) is 4.90 Å². The summed E-state index contributed by atoms with van der Waals surface area (Å²) >= 11 is 3.44. The van der Waals surface area contributed by atoms with E-state index in [9.17, 15) is 0 Å². The topological polar surface area (TPSA) is 42.4 Å². The summed E-state index contributed by atoms with van der Waals surface area (Å²) in [5.74, 6) is 1.02. The van der Waals surface area contributed by atoms with E-state index in [1.165, 1.54) is 18.4 Å². The molecular formula is C15H17BrN2O. The number of furan rings is 1. The van der Waals surface area contributed by atoms with Crippen LogP contribution in [0.3, 0.4) is 0 Å². The zero-order valence-electron chi connectivity index (χ0n) is 10.7. The molecule has 100 valence electrons. The third-order valence-electron chi connectivity index (χ3n) is 3.48. The van der Waals surface area contributed by atoms with Crippen LogP contribution in [0.4, 0.5) is 5.69 Å². The van der Waals surface area contributed by atoms with Gasteiger partial charge in [0.05, 0.1) is 12.8 Å². The highest BCUT2D eigenvalue weighted by Gasteiger charge is 2.29. The molecule has 0 aliphatic heterocycles. The first-order valence-corrected chi connectivity index (χ1v) is 7.32. The van der Waals surface area contributed by atoms with Crippen LogP contribution >= 0.6 is 15.9 Å². The van der Waals surface area contributed by atoms with Gasteiger partial charge in [0.25, 0.3) is 0 Å². The fourth-order valence-corrected chi connectivity index (χ4v) is 2.66. The minimum absolute atomic E-state index is 0.674. The summed E-state index contributed by atoms with van der Waals surface area (Å²) < 4.78 is 6.47. The van der Waals surface area contributed by atoms with Crippen LogP contribution in [-0.2, 0) is 13.1 Å². The molecule has 1 aliphatic rings. The van der Waals surface area contributed by atoms with E-state index in [0.717, 1.165) is 29.0 Å². The first-order chi connectivity index (χ1) is 9.22. The lowest BCUT2D eigenvalue weighted by Crippen LogP contribution is -2.25. The van der Waals surface area contributed by atoms with Gasteiger partial charge in [-0.2, -0.15) is 0 Å². The second kappa shape index (κ2) is 5.39. The summed E-state index contributed by atoms with van der Waals surface area (Å²) in [6.45, 7) is 1.73. The Morgan fingerprint density at radius 1 is 1.26 bits per heavy atom. The summed E-state index contributed by atoms with van der Waals surface area (Å²) in [6.07, 6.45) is 4.28. The van der Waals surface area contributed by atoms with Crippen molar-refractivity contribution in [2.75, 3.05) is 5.73 Å². The lowest BCUT2D eigenvalue weighted by Gasteiger charge is -2.21. The summed E-state index contributed by atoms with van der Waals surface area (Å²) in [5, 5.41) is 0. The minimum Gasteiger partial charge on any atom is -0.468 e. The standard InChI is InChI=1S/C15H17BrN2O/c16-12-4-3-11(15(17)8-12)9-18(13-5-6-13)10-14-2-1-7-19-14/h1-4,7-8,13H,5-6,9-10,17H2. The number of nitrogens with zero attached hydrogens (tertiary/aromatic N) is 1. The quantitative estimate of drug-likeness (QED) is 0.852.